The number of carbonyl (C=O) groups is 1. The minimum absolute atomic E-state index is 0.0819. The zero-order chi connectivity index (χ0) is 17.8. The summed E-state index contributed by atoms with van der Waals surface area (Å²) in [5.74, 6) is 0.0932. The molecule has 0 aliphatic rings. The second-order valence-corrected chi connectivity index (χ2v) is 6.74. The number of hydrogen-bond acceptors (Lipinski definition) is 7. The summed E-state index contributed by atoms with van der Waals surface area (Å²) in [6, 6.07) is 8.21. The van der Waals surface area contributed by atoms with Crippen LogP contribution < -0.4 is 5.32 Å². The Labute approximate surface area is 151 Å². The van der Waals surface area contributed by atoms with Crippen molar-refractivity contribution in [3.8, 4) is 10.8 Å². The number of thiophene rings is 1. The number of nitrogens with zero attached hydrogens (tertiary/aromatic N) is 2. The van der Waals surface area contributed by atoms with E-state index in [1.54, 1.807) is 18.4 Å². The molecule has 0 radical (unpaired) electrons. The van der Waals surface area contributed by atoms with Crippen LogP contribution in [0.5, 0.6) is 0 Å². The Bertz CT molecular complexity index is 906. The predicted molar refractivity (Wildman–Crippen MR) is 95.9 cm³/mol. The topological polar surface area (TPSA) is 98.3 Å². The summed E-state index contributed by atoms with van der Waals surface area (Å²) in [7, 11) is 0. The number of nitro groups is 1. The number of aromatic nitrogens is 1. The minimum Gasteiger partial charge on any atom is -0.443 e. The highest BCUT2D eigenvalue weighted by Crippen LogP contribution is 2.28. The van der Waals surface area contributed by atoms with Gasteiger partial charge < -0.3 is 9.73 Å². The number of benzene rings is 1. The maximum absolute atomic E-state index is 12.2. The summed E-state index contributed by atoms with van der Waals surface area (Å²) in [6.45, 7) is 0.172. The van der Waals surface area contributed by atoms with E-state index in [9.17, 15) is 14.9 Å². The van der Waals surface area contributed by atoms with Crippen molar-refractivity contribution in [2.75, 3.05) is 6.26 Å². The van der Waals surface area contributed by atoms with Gasteiger partial charge in [0.1, 0.15) is 6.26 Å². The van der Waals surface area contributed by atoms with Gasteiger partial charge in [0.25, 0.3) is 11.6 Å². The van der Waals surface area contributed by atoms with E-state index in [1.165, 1.54) is 35.4 Å². The predicted octanol–water partition coefficient (Wildman–Crippen LogP) is 3.96. The SMILES string of the molecule is CSc1ccc(C(=O)NCc2coc(-c3cccs3)n2)cc1[N+](=O)[O-]. The van der Waals surface area contributed by atoms with Crippen LogP contribution in [0.1, 0.15) is 16.1 Å². The Morgan fingerprint density at radius 3 is 2.96 bits per heavy atom. The van der Waals surface area contributed by atoms with Crippen molar-refractivity contribution in [2.24, 2.45) is 0 Å². The summed E-state index contributed by atoms with van der Waals surface area (Å²) in [6.07, 6.45) is 3.23. The molecule has 128 valence electrons. The van der Waals surface area contributed by atoms with E-state index in [0.717, 1.165) is 4.88 Å². The van der Waals surface area contributed by atoms with Crippen LogP contribution in [0.2, 0.25) is 0 Å². The van der Waals surface area contributed by atoms with Gasteiger partial charge in [-0.25, -0.2) is 4.98 Å². The largest absolute Gasteiger partial charge is 0.443 e. The van der Waals surface area contributed by atoms with Gasteiger partial charge in [-0.1, -0.05) is 6.07 Å². The van der Waals surface area contributed by atoms with E-state index in [0.29, 0.717) is 16.5 Å². The highest BCUT2D eigenvalue weighted by Gasteiger charge is 2.17. The van der Waals surface area contributed by atoms with Crippen molar-refractivity contribution >= 4 is 34.7 Å². The van der Waals surface area contributed by atoms with E-state index < -0.39 is 10.8 Å². The van der Waals surface area contributed by atoms with Crippen molar-refractivity contribution in [1.82, 2.24) is 10.3 Å². The number of amides is 1. The van der Waals surface area contributed by atoms with Gasteiger partial charge in [-0.3, -0.25) is 14.9 Å². The first-order valence-corrected chi connectivity index (χ1v) is 9.28. The summed E-state index contributed by atoms with van der Waals surface area (Å²) in [5.41, 5.74) is 0.722. The lowest BCUT2D eigenvalue weighted by molar-refractivity contribution is -0.387. The lowest BCUT2D eigenvalue weighted by atomic mass is 10.2. The Morgan fingerprint density at radius 1 is 1.44 bits per heavy atom. The Hall–Kier alpha value is -2.65. The maximum Gasteiger partial charge on any atom is 0.283 e. The number of thioether (sulfide) groups is 1. The van der Waals surface area contributed by atoms with E-state index >= 15 is 0 Å². The third-order valence-corrected chi connectivity index (χ3v) is 4.99. The zero-order valence-electron chi connectivity index (χ0n) is 13.1. The number of hydrogen-bond donors (Lipinski definition) is 1. The molecule has 9 heteroatoms. The van der Waals surface area contributed by atoms with Crippen molar-refractivity contribution < 1.29 is 14.1 Å². The molecule has 7 nitrogen and oxygen atoms in total. The fourth-order valence-electron chi connectivity index (χ4n) is 2.15. The summed E-state index contributed by atoms with van der Waals surface area (Å²) in [5, 5.41) is 15.7. The van der Waals surface area contributed by atoms with E-state index in [-0.39, 0.29) is 17.8 Å². The smallest absolute Gasteiger partial charge is 0.283 e. The van der Waals surface area contributed by atoms with Gasteiger partial charge in [-0.15, -0.1) is 23.1 Å². The van der Waals surface area contributed by atoms with Gasteiger partial charge in [0.2, 0.25) is 5.89 Å². The first-order chi connectivity index (χ1) is 12.1. The standard InChI is InChI=1S/C16H13N3O4S2/c1-24-13-5-4-10(7-12(13)19(21)22)15(20)17-8-11-9-23-16(18-11)14-3-2-6-25-14/h2-7,9H,8H2,1H3,(H,17,20). The van der Waals surface area contributed by atoms with Crippen LogP contribution in [0.4, 0.5) is 5.69 Å². The van der Waals surface area contributed by atoms with Crippen LogP contribution in [0.3, 0.4) is 0 Å². The molecule has 1 amide bonds. The second-order valence-electron chi connectivity index (χ2n) is 4.95. The van der Waals surface area contributed by atoms with Crippen LogP contribution in [0.25, 0.3) is 10.8 Å². The third kappa shape index (κ3) is 3.89. The summed E-state index contributed by atoms with van der Waals surface area (Å²) in [4.78, 5) is 28.6. The lowest BCUT2D eigenvalue weighted by Crippen LogP contribution is -2.23. The molecule has 0 saturated carbocycles. The number of carbonyl (C=O) groups excluding carboxylic acids is 1. The Balaban J connectivity index is 1.69. The van der Waals surface area contributed by atoms with Gasteiger partial charge in [0.15, 0.2) is 0 Å². The summed E-state index contributed by atoms with van der Waals surface area (Å²) >= 11 is 2.77. The third-order valence-electron chi connectivity index (χ3n) is 3.35. The Kier molecular flexibility index (Phi) is 5.15. The molecule has 3 rings (SSSR count). The van der Waals surface area contributed by atoms with E-state index in [2.05, 4.69) is 10.3 Å². The lowest BCUT2D eigenvalue weighted by Gasteiger charge is -2.05. The van der Waals surface area contributed by atoms with Gasteiger partial charge in [-0.05, 0) is 29.8 Å². The molecule has 2 heterocycles. The zero-order valence-corrected chi connectivity index (χ0v) is 14.7. The molecule has 0 atom stereocenters. The fourth-order valence-corrected chi connectivity index (χ4v) is 3.35. The van der Waals surface area contributed by atoms with Gasteiger partial charge >= 0.3 is 0 Å². The number of nitrogens with one attached hydrogen (secondary N) is 1. The molecular weight excluding hydrogens is 362 g/mol. The molecule has 0 unspecified atom stereocenters. The van der Waals surface area contributed by atoms with Crippen molar-refractivity contribution in [3.63, 3.8) is 0 Å². The van der Waals surface area contributed by atoms with Crippen molar-refractivity contribution in [1.29, 1.82) is 0 Å². The fraction of sp³-hybridized carbons (Fsp3) is 0.125. The maximum atomic E-state index is 12.2. The Morgan fingerprint density at radius 2 is 2.28 bits per heavy atom. The molecule has 2 aromatic heterocycles. The molecule has 1 aromatic carbocycles. The normalized spacial score (nSPS) is 10.6. The molecule has 0 fully saturated rings. The molecule has 0 saturated heterocycles. The van der Waals surface area contributed by atoms with Crippen LogP contribution in [-0.2, 0) is 6.54 Å². The van der Waals surface area contributed by atoms with Gasteiger partial charge in [0.05, 0.1) is 26.9 Å². The summed E-state index contributed by atoms with van der Waals surface area (Å²) < 4.78 is 5.38. The van der Waals surface area contributed by atoms with Crippen molar-refractivity contribution in [3.05, 3.63) is 63.3 Å². The van der Waals surface area contributed by atoms with E-state index in [1.807, 2.05) is 17.5 Å². The molecule has 0 aliphatic heterocycles. The van der Waals surface area contributed by atoms with Gasteiger partial charge in [-0.2, -0.15) is 0 Å². The minimum atomic E-state index is -0.493. The monoisotopic (exact) mass is 375 g/mol. The molecular formula is C16H13N3O4S2. The first kappa shape index (κ1) is 17.2. The molecule has 0 aliphatic carbocycles. The quantitative estimate of drug-likeness (QED) is 0.398. The van der Waals surface area contributed by atoms with E-state index in [4.69, 9.17) is 4.42 Å². The van der Waals surface area contributed by atoms with Crippen LogP contribution in [0, 0.1) is 10.1 Å². The average Bonchev–Trinajstić information content (AvgIpc) is 3.30. The molecule has 3 aromatic rings. The highest BCUT2D eigenvalue weighted by atomic mass is 32.2. The molecule has 0 bridgehead atoms. The average molecular weight is 375 g/mol. The first-order valence-electron chi connectivity index (χ1n) is 7.17. The highest BCUT2D eigenvalue weighted by molar-refractivity contribution is 7.98. The van der Waals surface area contributed by atoms with Crippen LogP contribution in [0.15, 0.2) is 51.3 Å². The molecule has 25 heavy (non-hydrogen) atoms. The number of oxazole rings is 1. The van der Waals surface area contributed by atoms with Gasteiger partial charge in [0, 0.05) is 11.6 Å². The van der Waals surface area contributed by atoms with Crippen LogP contribution >= 0.6 is 23.1 Å². The van der Waals surface area contributed by atoms with Crippen molar-refractivity contribution in [2.45, 2.75) is 11.4 Å². The molecule has 1 N–H and O–H groups in total. The number of nitro benzene ring substituents is 1. The molecule has 0 spiro atoms. The van der Waals surface area contributed by atoms with Crippen LogP contribution in [-0.4, -0.2) is 22.1 Å². The second kappa shape index (κ2) is 7.49. The number of rotatable bonds is 6.